The van der Waals surface area contributed by atoms with Crippen LogP contribution in [0.15, 0.2) is 29.2 Å². The second-order valence-electron chi connectivity index (χ2n) is 5.69. The molecule has 0 N–H and O–H groups in total. The molecule has 0 aromatic heterocycles. The van der Waals surface area contributed by atoms with Gasteiger partial charge in [-0.25, -0.2) is 0 Å². The second kappa shape index (κ2) is 5.66. The molecular formula is C16H23NS. The van der Waals surface area contributed by atoms with Crippen molar-refractivity contribution in [1.29, 1.82) is 0 Å². The molecule has 0 amide bonds. The Morgan fingerprint density at radius 2 is 2.06 bits per heavy atom. The minimum atomic E-state index is 0.756. The fourth-order valence-electron chi connectivity index (χ4n) is 3.07. The van der Waals surface area contributed by atoms with E-state index in [9.17, 15) is 0 Å². The number of rotatable bonds is 5. The predicted molar refractivity (Wildman–Crippen MR) is 79.4 cm³/mol. The largest absolute Gasteiger partial charge is 0.303 e. The number of hydrogen-bond acceptors (Lipinski definition) is 2. The van der Waals surface area contributed by atoms with Crippen LogP contribution in [-0.2, 0) is 0 Å². The number of benzene rings is 1. The Bertz CT molecular complexity index is 400. The molecule has 1 saturated carbocycles. The van der Waals surface area contributed by atoms with Crippen LogP contribution < -0.4 is 0 Å². The first kappa shape index (κ1) is 12.6. The third kappa shape index (κ3) is 2.60. The monoisotopic (exact) mass is 261 g/mol. The first-order chi connectivity index (χ1) is 8.86. The molecule has 1 aliphatic carbocycles. The van der Waals surface area contributed by atoms with Gasteiger partial charge in [-0.15, -0.1) is 11.8 Å². The molecule has 0 spiro atoms. The van der Waals surface area contributed by atoms with Crippen LogP contribution in [0.3, 0.4) is 0 Å². The lowest BCUT2D eigenvalue weighted by Crippen LogP contribution is -2.35. The van der Waals surface area contributed by atoms with Crippen LogP contribution >= 0.6 is 11.8 Å². The predicted octanol–water partition coefficient (Wildman–Crippen LogP) is 4.00. The van der Waals surface area contributed by atoms with Gasteiger partial charge in [-0.3, -0.25) is 0 Å². The van der Waals surface area contributed by atoms with E-state index >= 15 is 0 Å². The zero-order chi connectivity index (χ0) is 12.4. The molecule has 3 rings (SSSR count). The smallest absolute Gasteiger partial charge is 0.0108 e. The van der Waals surface area contributed by atoms with Gasteiger partial charge in [0.1, 0.15) is 0 Å². The summed E-state index contributed by atoms with van der Waals surface area (Å²) >= 11 is 2.04. The van der Waals surface area contributed by atoms with Crippen molar-refractivity contribution in [3.8, 4) is 0 Å². The zero-order valence-corrected chi connectivity index (χ0v) is 12.1. The van der Waals surface area contributed by atoms with Gasteiger partial charge >= 0.3 is 0 Å². The molecular weight excluding hydrogens is 238 g/mol. The van der Waals surface area contributed by atoms with Gasteiger partial charge in [-0.2, -0.15) is 0 Å². The maximum Gasteiger partial charge on any atom is 0.0108 e. The summed E-state index contributed by atoms with van der Waals surface area (Å²) < 4.78 is 0. The molecule has 2 heteroatoms. The first-order valence-electron chi connectivity index (χ1n) is 7.31. The lowest BCUT2D eigenvalue weighted by atomic mass is 9.85. The first-order valence-corrected chi connectivity index (χ1v) is 8.29. The SMILES string of the molecule is CCN(CC1CCC1)CC1CSc2ccccc21. The Morgan fingerprint density at radius 3 is 2.78 bits per heavy atom. The van der Waals surface area contributed by atoms with E-state index < -0.39 is 0 Å². The molecule has 1 unspecified atom stereocenters. The molecule has 98 valence electrons. The van der Waals surface area contributed by atoms with Crippen molar-refractivity contribution in [3.05, 3.63) is 29.8 Å². The van der Waals surface area contributed by atoms with Gasteiger partial charge in [0.15, 0.2) is 0 Å². The summed E-state index contributed by atoms with van der Waals surface area (Å²) in [5.41, 5.74) is 1.59. The van der Waals surface area contributed by atoms with Crippen LogP contribution in [0.5, 0.6) is 0 Å². The van der Waals surface area contributed by atoms with Crippen molar-refractivity contribution in [1.82, 2.24) is 4.90 Å². The van der Waals surface area contributed by atoms with Crippen molar-refractivity contribution >= 4 is 11.8 Å². The molecule has 0 radical (unpaired) electrons. The number of fused-ring (bicyclic) bond motifs is 1. The zero-order valence-electron chi connectivity index (χ0n) is 11.3. The molecule has 1 fully saturated rings. The van der Waals surface area contributed by atoms with Crippen LogP contribution in [0.1, 0.15) is 37.7 Å². The van der Waals surface area contributed by atoms with E-state index in [2.05, 4.69) is 36.1 Å². The number of likely N-dealkylation sites (N-methyl/N-ethyl adjacent to an activating group) is 1. The molecule has 1 aliphatic heterocycles. The average molecular weight is 261 g/mol. The van der Waals surface area contributed by atoms with Crippen LogP contribution in [0.25, 0.3) is 0 Å². The Labute approximate surface area is 115 Å². The van der Waals surface area contributed by atoms with Crippen molar-refractivity contribution in [3.63, 3.8) is 0 Å². The number of hydrogen-bond donors (Lipinski definition) is 0. The van der Waals surface area contributed by atoms with Gasteiger partial charge in [0.25, 0.3) is 0 Å². The Morgan fingerprint density at radius 1 is 1.22 bits per heavy atom. The molecule has 1 nitrogen and oxygen atoms in total. The summed E-state index contributed by atoms with van der Waals surface area (Å²) in [5.74, 6) is 3.03. The highest BCUT2D eigenvalue weighted by molar-refractivity contribution is 7.99. The standard InChI is InChI=1S/C16H23NS/c1-2-17(10-13-6-5-7-13)11-14-12-18-16-9-4-3-8-15(14)16/h3-4,8-9,13-14H,2,5-7,10-12H2,1H3. The molecule has 0 bridgehead atoms. The van der Waals surface area contributed by atoms with Crippen molar-refractivity contribution in [2.45, 2.75) is 37.0 Å². The minimum absolute atomic E-state index is 0.756. The summed E-state index contributed by atoms with van der Waals surface area (Å²) in [4.78, 5) is 4.19. The van der Waals surface area contributed by atoms with E-state index in [1.807, 2.05) is 11.8 Å². The van der Waals surface area contributed by atoms with Gasteiger partial charge in [-0.05, 0) is 36.9 Å². The third-order valence-corrected chi connectivity index (χ3v) is 5.72. The maximum absolute atomic E-state index is 2.68. The fraction of sp³-hybridized carbons (Fsp3) is 0.625. The summed E-state index contributed by atoms with van der Waals surface area (Å²) in [5, 5.41) is 0. The normalized spacial score (nSPS) is 23.1. The molecule has 1 aromatic carbocycles. The van der Waals surface area contributed by atoms with E-state index in [1.165, 1.54) is 49.5 Å². The van der Waals surface area contributed by atoms with E-state index in [-0.39, 0.29) is 0 Å². The molecule has 1 aromatic rings. The fourth-order valence-corrected chi connectivity index (χ4v) is 4.31. The van der Waals surface area contributed by atoms with Gasteiger partial charge in [0.05, 0.1) is 0 Å². The highest BCUT2D eigenvalue weighted by Crippen LogP contribution is 2.40. The minimum Gasteiger partial charge on any atom is -0.303 e. The van der Waals surface area contributed by atoms with E-state index in [4.69, 9.17) is 0 Å². The molecule has 1 atom stereocenters. The van der Waals surface area contributed by atoms with E-state index in [0.29, 0.717) is 0 Å². The molecule has 2 aliphatic rings. The molecule has 0 saturated heterocycles. The van der Waals surface area contributed by atoms with Crippen molar-refractivity contribution in [2.24, 2.45) is 5.92 Å². The topological polar surface area (TPSA) is 3.24 Å². The Hall–Kier alpha value is -0.470. The van der Waals surface area contributed by atoms with Crippen LogP contribution in [0.2, 0.25) is 0 Å². The Kier molecular flexibility index (Phi) is 3.95. The summed E-state index contributed by atoms with van der Waals surface area (Å²) in [6.45, 7) is 6.11. The maximum atomic E-state index is 2.68. The van der Waals surface area contributed by atoms with Gasteiger partial charge in [0, 0.05) is 29.7 Å². The van der Waals surface area contributed by atoms with E-state index in [1.54, 1.807) is 5.56 Å². The van der Waals surface area contributed by atoms with Crippen LogP contribution in [-0.4, -0.2) is 30.3 Å². The lowest BCUT2D eigenvalue weighted by molar-refractivity contribution is 0.179. The quantitative estimate of drug-likeness (QED) is 0.788. The second-order valence-corrected chi connectivity index (χ2v) is 6.76. The summed E-state index contributed by atoms with van der Waals surface area (Å²) in [7, 11) is 0. The summed E-state index contributed by atoms with van der Waals surface area (Å²) in [6.07, 6.45) is 4.39. The van der Waals surface area contributed by atoms with Crippen molar-refractivity contribution < 1.29 is 0 Å². The van der Waals surface area contributed by atoms with Gasteiger partial charge in [-0.1, -0.05) is 31.5 Å². The summed E-state index contributed by atoms with van der Waals surface area (Å²) in [6, 6.07) is 8.97. The number of nitrogens with zero attached hydrogens (tertiary/aromatic N) is 1. The third-order valence-electron chi connectivity index (χ3n) is 4.47. The average Bonchev–Trinajstić information content (AvgIpc) is 2.75. The van der Waals surface area contributed by atoms with Crippen LogP contribution in [0, 0.1) is 5.92 Å². The lowest BCUT2D eigenvalue weighted by Gasteiger charge is -2.33. The number of thioether (sulfide) groups is 1. The van der Waals surface area contributed by atoms with Crippen LogP contribution in [0.4, 0.5) is 0 Å². The Balaban J connectivity index is 1.61. The highest BCUT2D eigenvalue weighted by atomic mass is 32.2. The van der Waals surface area contributed by atoms with E-state index in [0.717, 1.165) is 11.8 Å². The van der Waals surface area contributed by atoms with Gasteiger partial charge < -0.3 is 4.90 Å². The van der Waals surface area contributed by atoms with Gasteiger partial charge in [0.2, 0.25) is 0 Å². The molecule has 18 heavy (non-hydrogen) atoms. The molecule has 1 heterocycles. The van der Waals surface area contributed by atoms with Crippen molar-refractivity contribution in [2.75, 3.05) is 25.4 Å². The highest BCUT2D eigenvalue weighted by Gasteiger charge is 2.26.